The van der Waals surface area contributed by atoms with Gasteiger partial charge in [0.25, 0.3) is 0 Å². The quantitative estimate of drug-likeness (QED) is 0.0528. The first-order valence-electron chi connectivity index (χ1n) is 16.6. The van der Waals surface area contributed by atoms with Crippen LogP contribution in [0.15, 0.2) is 59.5 Å². The molecule has 1 atom stereocenters. The van der Waals surface area contributed by atoms with E-state index in [9.17, 15) is 56.9 Å². The molecule has 0 fully saturated rings. The molecule has 63 heavy (non-hydrogen) atoms. The predicted octanol–water partition coefficient (Wildman–Crippen LogP) is 9.09. The summed E-state index contributed by atoms with van der Waals surface area (Å²) in [5.74, 6) is -70.9. The number of nitriles is 1. The molecule has 0 aromatic heterocycles. The van der Waals surface area contributed by atoms with Crippen LogP contribution in [0, 0.1) is 128 Å². The molecule has 0 bridgehead atoms. The van der Waals surface area contributed by atoms with Gasteiger partial charge >= 0.3 is 0 Å². The Morgan fingerprint density at radius 2 is 0.635 bits per heavy atom. The van der Waals surface area contributed by atoms with E-state index in [-0.39, 0.29) is 0 Å². The minimum atomic E-state index is -7.22. The van der Waals surface area contributed by atoms with Gasteiger partial charge in [-0.1, -0.05) is 34.5 Å². The van der Waals surface area contributed by atoms with Crippen molar-refractivity contribution < 1.29 is 92.0 Å². The van der Waals surface area contributed by atoms with Crippen LogP contribution in [-0.4, -0.2) is 12.4 Å². The van der Waals surface area contributed by atoms with Crippen LogP contribution in [-0.2, 0) is 19.9 Å². The summed E-state index contributed by atoms with van der Waals surface area (Å²) in [6, 6.07) is 18.8. The standard InChI is InChI=1S/C24BF20.C15H14NOS/c26-5-1(6(27)14(35)21(42)13(5)34)25(2-7(28)15(36)22(43)16(37)8(2)29,3-9(30)17(38)23(44)18(39)10(3)31)4-11(32)19(40)24(45)20(41)12(4)33;1-18(17,15-5-3-2-4-6-15)12-14-9-7-13(11-16)8-10-14/h;2-10H,12H2,1H3/q-1;+1. The van der Waals surface area contributed by atoms with Gasteiger partial charge in [-0.05, 0) is 24.3 Å². The van der Waals surface area contributed by atoms with Gasteiger partial charge in [0.05, 0.1) is 11.6 Å². The van der Waals surface area contributed by atoms with Crippen molar-refractivity contribution in [1.82, 2.24) is 0 Å². The second kappa shape index (κ2) is 17.4. The molecular formula is C39H14BF20NOS. The van der Waals surface area contributed by atoms with Crippen LogP contribution < -0.4 is 21.9 Å². The molecule has 6 rings (SSSR count). The van der Waals surface area contributed by atoms with Gasteiger partial charge in [0.2, 0.25) is 0 Å². The van der Waals surface area contributed by atoms with E-state index in [0.717, 1.165) is 10.5 Å². The number of hydrogen-bond donors (Lipinski definition) is 0. The Balaban J connectivity index is 0.000000345. The first-order chi connectivity index (χ1) is 29.3. The molecule has 24 heteroatoms. The Hall–Kier alpha value is -6.38. The van der Waals surface area contributed by atoms with Crippen LogP contribution in [0.4, 0.5) is 87.8 Å². The number of hydrogen-bond acceptors (Lipinski definition) is 2. The third kappa shape index (κ3) is 7.65. The first-order valence-corrected chi connectivity index (χ1v) is 18.7. The summed E-state index contributed by atoms with van der Waals surface area (Å²) >= 11 is 0. The Kier molecular flexibility index (Phi) is 13.2. The van der Waals surface area contributed by atoms with Gasteiger partial charge in [-0.15, -0.1) is 21.9 Å². The summed E-state index contributed by atoms with van der Waals surface area (Å²) in [5, 5.41) is 8.73. The molecule has 0 radical (unpaired) electrons. The fourth-order valence-corrected chi connectivity index (χ4v) is 8.39. The van der Waals surface area contributed by atoms with Crippen molar-refractivity contribution in [3.05, 3.63) is 182 Å². The van der Waals surface area contributed by atoms with Crippen LogP contribution in [0.3, 0.4) is 0 Å². The second-order valence-corrected chi connectivity index (χ2v) is 15.8. The van der Waals surface area contributed by atoms with E-state index in [2.05, 4.69) is 6.07 Å². The van der Waals surface area contributed by atoms with Gasteiger partial charge in [-0.3, -0.25) is 0 Å². The lowest BCUT2D eigenvalue weighted by atomic mass is 9.12. The molecule has 0 N–H and O–H groups in total. The molecule has 0 spiro atoms. The molecule has 0 saturated carbocycles. The van der Waals surface area contributed by atoms with Gasteiger partial charge in [0.15, 0.2) is 74.7 Å². The highest BCUT2D eigenvalue weighted by Crippen LogP contribution is 2.31. The van der Waals surface area contributed by atoms with Crippen LogP contribution in [0.1, 0.15) is 11.1 Å². The zero-order valence-corrected chi connectivity index (χ0v) is 31.1. The molecule has 0 amide bonds. The first kappa shape index (κ1) is 47.7. The van der Waals surface area contributed by atoms with Crippen LogP contribution in [0.2, 0.25) is 0 Å². The topological polar surface area (TPSA) is 40.9 Å². The highest BCUT2D eigenvalue weighted by molar-refractivity contribution is 8.01. The van der Waals surface area contributed by atoms with Crippen molar-refractivity contribution >= 4 is 37.9 Å². The monoisotopic (exact) mass is 935 g/mol. The lowest BCUT2D eigenvalue weighted by Gasteiger charge is -2.44. The summed E-state index contributed by atoms with van der Waals surface area (Å²) in [6.45, 7) is 0. The van der Waals surface area contributed by atoms with Crippen molar-refractivity contribution in [2.24, 2.45) is 0 Å². The maximum absolute atomic E-state index is 15.4. The summed E-state index contributed by atoms with van der Waals surface area (Å²) in [7, 11) is -2.07. The summed E-state index contributed by atoms with van der Waals surface area (Å²) in [6.07, 6.45) is -5.44. The zero-order valence-electron chi connectivity index (χ0n) is 30.3. The molecule has 330 valence electrons. The van der Waals surface area contributed by atoms with Gasteiger partial charge in [0.1, 0.15) is 74.6 Å². The Labute approximate surface area is 340 Å². The fraction of sp³-hybridized carbons (Fsp3) is 0.0513. The average Bonchev–Trinajstić information content (AvgIpc) is 3.26. The van der Waals surface area contributed by atoms with E-state index >= 15 is 35.1 Å². The molecule has 0 heterocycles. The Bertz CT molecular complexity index is 2540. The van der Waals surface area contributed by atoms with Gasteiger partial charge < -0.3 is 0 Å². The SMILES string of the molecule is C[S+](=O)(Cc1ccc(C#N)cc1)c1ccccc1.Fc1c(F)c(F)c([B-](c2c(F)c(F)c(F)c(F)c2F)(c2c(F)c(F)c(F)c(F)c2F)c2c(F)c(F)c(F)c(F)c2F)c(F)c1F. The lowest BCUT2D eigenvalue weighted by Crippen LogP contribution is -2.81. The third-order valence-corrected chi connectivity index (χ3v) is 11.6. The highest BCUT2D eigenvalue weighted by Gasteiger charge is 2.52. The van der Waals surface area contributed by atoms with E-state index < -0.39 is 154 Å². The smallest absolute Gasteiger partial charge is 0.200 e. The molecule has 6 aromatic rings. The predicted molar refractivity (Wildman–Crippen MR) is 183 cm³/mol. The molecule has 0 aliphatic carbocycles. The summed E-state index contributed by atoms with van der Waals surface area (Å²) in [5.41, 5.74) is -12.7. The van der Waals surface area contributed by atoms with E-state index in [1.807, 2.05) is 42.5 Å². The minimum absolute atomic E-state index is 0.503. The molecule has 2 nitrogen and oxygen atoms in total. The fourth-order valence-electron chi connectivity index (χ4n) is 6.66. The molecule has 1 unspecified atom stereocenters. The van der Waals surface area contributed by atoms with Crippen LogP contribution in [0.25, 0.3) is 0 Å². The van der Waals surface area contributed by atoms with Gasteiger partial charge in [-0.25, -0.2) is 87.8 Å². The maximum Gasteiger partial charge on any atom is 0.200 e. The van der Waals surface area contributed by atoms with Crippen molar-refractivity contribution in [1.29, 1.82) is 5.26 Å². The van der Waals surface area contributed by atoms with Crippen LogP contribution in [0.5, 0.6) is 0 Å². The van der Waals surface area contributed by atoms with Crippen molar-refractivity contribution in [2.75, 3.05) is 6.26 Å². The maximum atomic E-state index is 15.4. The van der Waals surface area contributed by atoms with Crippen molar-refractivity contribution in [3.8, 4) is 6.07 Å². The second-order valence-electron chi connectivity index (χ2n) is 13.1. The molecule has 0 aliphatic rings. The van der Waals surface area contributed by atoms with E-state index in [1.165, 1.54) is 0 Å². The number of halogens is 20. The molecular weight excluding hydrogens is 921 g/mol. The third-order valence-electron chi connectivity index (χ3n) is 9.47. The minimum Gasteiger partial charge on any atom is -0.207 e. The van der Waals surface area contributed by atoms with Gasteiger partial charge in [0, 0.05) is 5.56 Å². The van der Waals surface area contributed by atoms with Crippen molar-refractivity contribution in [2.45, 2.75) is 10.6 Å². The average molecular weight is 935 g/mol. The van der Waals surface area contributed by atoms with Crippen molar-refractivity contribution in [3.63, 3.8) is 0 Å². The van der Waals surface area contributed by atoms with E-state index in [1.54, 1.807) is 18.4 Å². The zero-order chi connectivity index (χ0) is 47.4. The van der Waals surface area contributed by atoms with Gasteiger partial charge in [-0.2, -0.15) is 5.26 Å². The lowest BCUT2D eigenvalue weighted by molar-refractivity contribution is 0.378. The summed E-state index contributed by atoms with van der Waals surface area (Å²) < 4.78 is 307. The Morgan fingerprint density at radius 3 is 0.873 bits per heavy atom. The highest BCUT2D eigenvalue weighted by atomic mass is 32.2. The number of benzene rings is 6. The normalized spacial score (nSPS) is 12.4. The number of rotatable bonds is 7. The Morgan fingerprint density at radius 1 is 0.397 bits per heavy atom. The summed E-state index contributed by atoms with van der Waals surface area (Å²) in [4.78, 5) is 0.870. The van der Waals surface area contributed by atoms with E-state index in [0.29, 0.717) is 11.3 Å². The largest absolute Gasteiger partial charge is 0.207 e. The molecule has 0 saturated heterocycles. The number of nitrogens with zero attached hydrogens (tertiary/aromatic N) is 1. The molecule has 6 aromatic carbocycles. The van der Waals surface area contributed by atoms with E-state index in [4.69, 9.17) is 5.26 Å². The molecule has 0 aliphatic heterocycles. The van der Waals surface area contributed by atoms with Crippen LogP contribution >= 0.6 is 0 Å².